The van der Waals surface area contributed by atoms with Gasteiger partial charge >= 0.3 is 18.5 Å². The summed E-state index contributed by atoms with van der Waals surface area (Å²) in [6.45, 7) is 2.91. The fourth-order valence-electron chi connectivity index (χ4n) is 2.89. The average molecular weight is 428 g/mol. The highest BCUT2D eigenvalue weighted by Gasteiger charge is 2.47. The zero-order chi connectivity index (χ0) is 22.4. The highest BCUT2D eigenvalue weighted by atomic mass is 19.4. The standard InChI is InChI=1S/C20H17F9/c1-11-4-6-13(9-15(11)18(21,22)23)14-7-5-12(8-16(14)19(24,25)26)10-17(2,3)20(27,28)29/h4-9H,10H2,1-3H3. The second kappa shape index (κ2) is 7.25. The van der Waals surface area contributed by atoms with Crippen molar-refractivity contribution in [2.45, 2.75) is 45.7 Å². The minimum atomic E-state index is -4.96. The van der Waals surface area contributed by atoms with Crippen LogP contribution in [0, 0.1) is 12.3 Å². The highest BCUT2D eigenvalue weighted by molar-refractivity contribution is 5.70. The lowest BCUT2D eigenvalue weighted by molar-refractivity contribution is -0.211. The Labute approximate surface area is 161 Å². The lowest BCUT2D eigenvalue weighted by Gasteiger charge is -2.28. The number of hydrogen-bond acceptors (Lipinski definition) is 0. The van der Waals surface area contributed by atoms with Crippen molar-refractivity contribution < 1.29 is 39.5 Å². The fourth-order valence-corrected chi connectivity index (χ4v) is 2.89. The lowest BCUT2D eigenvalue weighted by atomic mass is 9.83. The molecule has 0 spiro atoms. The van der Waals surface area contributed by atoms with E-state index in [1.54, 1.807) is 0 Å². The van der Waals surface area contributed by atoms with Crippen molar-refractivity contribution in [2.75, 3.05) is 0 Å². The van der Waals surface area contributed by atoms with Crippen LogP contribution in [0.4, 0.5) is 39.5 Å². The van der Waals surface area contributed by atoms with Gasteiger partial charge in [-0.25, -0.2) is 0 Å². The summed E-state index contributed by atoms with van der Waals surface area (Å²) in [5.74, 6) is 0. The first-order chi connectivity index (χ1) is 12.9. The summed E-state index contributed by atoms with van der Waals surface area (Å²) in [4.78, 5) is 0. The molecule has 0 unspecified atom stereocenters. The van der Waals surface area contributed by atoms with Crippen LogP contribution in [0.2, 0.25) is 0 Å². The van der Waals surface area contributed by atoms with Crippen LogP contribution in [-0.4, -0.2) is 6.18 Å². The van der Waals surface area contributed by atoms with Crippen molar-refractivity contribution in [1.29, 1.82) is 0 Å². The maximum atomic E-state index is 13.6. The number of alkyl halides is 9. The van der Waals surface area contributed by atoms with Crippen molar-refractivity contribution in [2.24, 2.45) is 5.41 Å². The zero-order valence-corrected chi connectivity index (χ0v) is 15.6. The second-order valence-electron chi connectivity index (χ2n) is 7.46. The summed E-state index contributed by atoms with van der Waals surface area (Å²) in [6.07, 6.45) is -15.1. The topological polar surface area (TPSA) is 0 Å². The quantitative estimate of drug-likeness (QED) is 0.437. The van der Waals surface area contributed by atoms with Crippen molar-refractivity contribution in [1.82, 2.24) is 0 Å². The fraction of sp³-hybridized carbons (Fsp3) is 0.400. The largest absolute Gasteiger partial charge is 0.417 e. The van der Waals surface area contributed by atoms with Gasteiger partial charge in [0.2, 0.25) is 0 Å². The van der Waals surface area contributed by atoms with Gasteiger partial charge in [-0.1, -0.05) is 38.1 Å². The van der Waals surface area contributed by atoms with Crippen LogP contribution in [-0.2, 0) is 18.8 Å². The normalized spacial score (nSPS) is 13.7. The zero-order valence-electron chi connectivity index (χ0n) is 15.6. The van der Waals surface area contributed by atoms with Gasteiger partial charge in [-0.2, -0.15) is 39.5 Å². The van der Waals surface area contributed by atoms with E-state index in [-0.39, 0.29) is 16.7 Å². The van der Waals surface area contributed by atoms with Crippen LogP contribution in [0.25, 0.3) is 11.1 Å². The number of halogens is 9. The van der Waals surface area contributed by atoms with E-state index in [2.05, 4.69) is 0 Å². The Bertz CT molecular complexity index is 884. The molecule has 0 aliphatic carbocycles. The Morgan fingerprint density at radius 1 is 0.690 bits per heavy atom. The predicted molar refractivity (Wildman–Crippen MR) is 90.2 cm³/mol. The Morgan fingerprint density at radius 3 is 1.72 bits per heavy atom. The number of rotatable bonds is 3. The summed E-state index contributed by atoms with van der Waals surface area (Å²) in [6, 6.07) is 5.34. The van der Waals surface area contributed by atoms with E-state index in [1.807, 2.05) is 0 Å². The van der Waals surface area contributed by atoms with Crippen molar-refractivity contribution in [3.63, 3.8) is 0 Å². The second-order valence-corrected chi connectivity index (χ2v) is 7.46. The van der Waals surface area contributed by atoms with Crippen LogP contribution in [0.5, 0.6) is 0 Å². The van der Waals surface area contributed by atoms with Crippen LogP contribution in [0.15, 0.2) is 36.4 Å². The molecule has 0 N–H and O–H groups in total. The van der Waals surface area contributed by atoms with Crippen molar-refractivity contribution in [3.8, 4) is 11.1 Å². The van der Waals surface area contributed by atoms with Crippen LogP contribution >= 0.6 is 0 Å². The molecule has 0 fully saturated rings. The lowest BCUT2D eigenvalue weighted by Crippen LogP contribution is -2.34. The summed E-state index contributed by atoms with van der Waals surface area (Å²) < 4.78 is 119. The van der Waals surface area contributed by atoms with Gasteiger partial charge in [0.05, 0.1) is 16.5 Å². The molecule has 0 aromatic heterocycles. The Kier molecular flexibility index (Phi) is 5.77. The molecule has 29 heavy (non-hydrogen) atoms. The molecule has 2 rings (SSSR count). The Hall–Kier alpha value is -2.19. The molecule has 2 aromatic rings. The average Bonchev–Trinajstić information content (AvgIpc) is 2.52. The van der Waals surface area contributed by atoms with Crippen LogP contribution in [0.3, 0.4) is 0 Å². The smallest absolute Gasteiger partial charge is 0.171 e. The third-order valence-electron chi connectivity index (χ3n) is 4.66. The molecular formula is C20H17F9. The molecule has 0 bridgehead atoms. The molecule has 160 valence electrons. The summed E-state index contributed by atoms with van der Waals surface area (Å²) in [5.41, 5.74) is -5.86. The minimum absolute atomic E-state index is 0.154. The number of hydrogen-bond donors (Lipinski definition) is 0. The maximum Gasteiger partial charge on any atom is 0.417 e. The SMILES string of the molecule is Cc1ccc(-c2ccc(CC(C)(C)C(F)(F)F)cc2C(F)(F)F)cc1C(F)(F)F. The summed E-state index contributed by atoms with van der Waals surface area (Å²) >= 11 is 0. The molecule has 0 atom stereocenters. The van der Waals surface area contributed by atoms with E-state index in [4.69, 9.17) is 0 Å². The van der Waals surface area contributed by atoms with Gasteiger partial charge in [-0.15, -0.1) is 0 Å². The molecule has 0 aliphatic heterocycles. The van der Waals surface area contributed by atoms with E-state index in [1.165, 1.54) is 6.92 Å². The molecule has 2 aromatic carbocycles. The van der Waals surface area contributed by atoms with E-state index in [9.17, 15) is 39.5 Å². The molecular weight excluding hydrogens is 411 g/mol. The van der Waals surface area contributed by atoms with Gasteiger partial charge < -0.3 is 0 Å². The third kappa shape index (κ3) is 5.05. The maximum absolute atomic E-state index is 13.6. The first-order valence-electron chi connectivity index (χ1n) is 8.38. The van der Waals surface area contributed by atoms with Crippen molar-refractivity contribution in [3.05, 3.63) is 58.7 Å². The molecule has 0 saturated carbocycles. The van der Waals surface area contributed by atoms with Gasteiger partial charge in [-0.3, -0.25) is 0 Å². The monoisotopic (exact) mass is 428 g/mol. The summed E-state index contributed by atoms with van der Waals surface area (Å²) in [5, 5.41) is 0. The van der Waals surface area contributed by atoms with Gasteiger partial charge in [0, 0.05) is 0 Å². The molecule has 0 nitrogen and oxygen atoms in total. The predicted octanol–water partition coefficient (Wildman–Crippen LogP) is 7.83. The van der Waals surface area contributed by atoms with E-state index >= 15 is 0 Å². The van der Waals surface area contributed by atoms with Gasteiger partial charge in [-0.05, 0) is 47.7 Å². The third-order valence-corrected chi connectivity index (χ3v) is 4.66. The molecule has 0 heterocycles. The highest BCUT2D eigenvalue weighted by Crippen LogP contribution is 2.43. The first kappa shape index (κ1) is 23.1. The van der Waals surface area contributed by atoms with Gasteiger partial charge in [0.25, 0.3) is 0 Å². The number of benzene rings is 2. The molecule has 9 heteroatoms. The molecule has 0 saturated heterocycles. The van der Waals surface area contributed by atoms with Gasteiger partial charge in [0.1, 0.15) is 0 Å². The Morgan fingerprint density at radius 2 is 1.24 bits per heavy atom. The van der Waals surface area contributed by atoms with Crippen LogP contribution in [0.1, 0.15) is 36.1 Å². The number of aryl methyl sites for hydroxylation is 1. The molecule has 0 aliphatic rings. The minimum Gasteiger partial charge on any atom is -0.171 e. The van der Waals surface area contributed by atoms with E-state index in [0.29, 0.717) is 12.1 Å². The Balaban J connectivity index is 2.61. The van der Waals surface area contributed by atoms with Gasteiger partial charge in [0.15, 0.2) is 0 Å². The van der Waals surface area contributed by atoms with E-state index < -0.39 is 47.1 Å². The summed E-state index contributed by atoms with van der Waals surface area (Å²) in [7, 11) is 0. The van der Waals surface area contributed by atoms with Crippen LogP contribution < -0.4 is 0 Å². The first-order valence-corrected chi connectivity index (χ1v) is 8.38. The molecule has 0 amide bonds. The van der Waals surface area contributed by atoms with E-state index in [0.717, 1.165) is 38.1 Å². The molecule has 0 radical (unpaired) electrons. The van der Waals surface area contributed by atoms with Crippen molar-refractivity contribution >= 4 is 0 Å².